The van der Waals surface area contributed by atoms with Crippen molar-refractivity contribution < 1.29 is 14.2 Å². The zero-order valence-electron chi connectivity index (χ0n) is 11.7. The largest absolute Gasteiger partial charge is 0.454 e. The molecule has 0 aromatic heterocycles. The van der Waals surface area contributed by atoms with E-state index in [0.29, 0.717) is 12.9 Å². The van der Waals surface area contributed by atoms with Gasteiger partial charge in [-0.25, -0.2) is 0 Å². The Morgan fingerprint density at radius 1 is 1.21 bits per heavy atom. The van der Waals surface area contributed by atoms with Gasteiger partial charge in [0.15, 0.2) is 11.5 Å². The number of allylic oxidation sites excluding steroid dienone is 1. The van der Waals surface area contributed by atoms with E-state index in [4.69, 9.17) is 14.2 Å². The Balaban J connectivity index is 1.68. The molecule has 104 valence electrons. The van der Waals surface area contributed by atoms with E-state index in [1.807, 2.05) is 18.2 Å². The second-order valence-electron chi connectivity index (χ2n) is 4.93. The molecule has 1 aliphatic rings. The fourth-order valence-corrected chi connectivity index (χ4v) is 1.92. The van der Waals surface area contributed by atoms with Crippen molar-refractivity contribution in [3.63, 3.8) is 0 Å². The molecule has 0 fully saturated rings. The lowest BCUT2D eigenvalue weighted by Crippen LogP contribution is -2.03. The highest BCUT2D eigenvalue weighted by molar-refractivity contribution is 5.56. The van der Waals surface area contributed by atoms with Crippen LogP contribution in [0.25, 0.3) is 6.08 Å². The highest BCUT2D eigenvalue weighted by atomic mass is 16.7. The Morgan fingerprint density at radius 3 is 2.89 bits per heavy atom. The lowest BCUT2D eigenvalue weighted by molar-refractivity contribution is 0.0762. The van der Waals surface area contributed by atoms with Gasteiger partial charge < -0.3 is 14.2 Å². The van der Waals surface area contributed by atoms with Crippen LogP contribution in [0, 0.1) is 0 Å². The Morgan fingerprint density at radius 2 is 2.05 bits per heavy atom. The molecule has 0 N–H and O–H groups in total. The second-order valence-corrected chi connectivity index (χ2v) is 4.93. The van der Waals surface area contributed by atoms with E-state index in [9.17, 15) is 0 Å². The lowest BCUT2D eigenvalue weighted by Gasteiger charge is -2.05. The highest BCUT2D eigenvalue weighted by Crippen LogP contribution is 2.32. The summed E-state index contributed by atoms with van der Waals surface area (Å²) in [6.07, 6.45) is 8.02. The summed E-state index contributed by atoms with van der Waals surface area (Å²) in [7, 11) is 0. The molecule has 0 bridgehead atoms. The van der Waals surface area contributed by atoms with Crippen molar-refractivity contribution in [2.24, 2.45) is 0 Å². The van der Waals surface area contributed by atoms with Crippen molar-refractivity contribution in [1.82, 2.24) is 0 Å². The average Bonchev–Trinajstić information content (AvgIpc) is 2.84. The molecule has 0 saturated heterocycles. The first-order chi connectivity index (χ1) is 9.25. The van der Waals surface area contributed by atoms with E-state index in [1.165, 1.54) is 0 Å². The van der Waals surface area contributed by atoms with Crippen LogP contribution in [0.3, 0.4) is 0 Å². The molecule has 19 heavy (non-hydrogen) atoms. The van der Waals surface area contributed by atoms with Crippen molar-refractivity contribution in [2.45, 2.75) is 39.2 Å². The van der Waals surface area contributed by atoms with Crippen molar-refractivity contribution >= 4 is 6.08 Å². The number of ether oxygens (including phenoxy) is 3. The maximum Gasteiger partial charge on any atom is 0.231 e. The lowest BCUT2D eigenvalue weighted by atomic mass is 10.1. The van der Waals surface area contributed by atoms with Crippen LogP contribution in [0.2, 0.25) is 0 Å². The number of benzene rings is 1. The Kier molecular flexibility index (Phi) is 5.28. The molecule has 0 saturated carbocycles. The van der Waals surface area contributed by atoms with Crippen LogP contribution in [0.1, 0.15) is 38.7 Å². The number of hydrogen-bond donors (Lipinski definition) is 0. The van der Waals surface area contributed by atoms with Gasteiger partial charge in [-0.3, -0.25) is 0 Å². The molecule has 1 aromatic carbocycles. The summed E-state index contributed by atoms with van der Waals surface area (Å²) < 4.78 is 16.1. The normalized spacial score (nSPS) is 13.6. The summed E-state index contributed by atoms with van der Waals surface area (Å²) in [6.45, 7) is 5.33. The maximum atomic E-state index is 5.50. The summed E-state index contributed by atoms with van der Waals surface area (Å²) in [6, 6.07) is 6.02. The van der Waals surface area contributed by atoms with Crippen molar-refractivity contribution in [3.8, 4) is 11.5 Å². The molecule has 0 radical (unpaired) electrons. The van der Waals surface area contributed by atoms with Crippen LogP contribution in [0.5, 0.6) is 11.5 Å². The number of unbranched alkanes of at least 4 members (excludes halogenated alkanes) is 2. The quantitative estimate of drug-likeness (QED) is 0.694. The third-order valence-corrected chi connectivity index (χ3v) is 2.92. The van der Waals surface area contributed by atoms with Gasteiger partial charge in [0.2, 0.25) is 6.79 Å². The average molecular weight is 262 g/mol. The molecule has 1 aromatic rings. The standard InChI is InChI=1S/C16H22O3/c1-13(2)17-10-6-4-3-5-7-14-8-9-15-16(11-14)19-12-18-15/h5,7-9,11,13H,3-4,6,10,12H2,1-2H3/b7-5+. The molecule has 0 spiro atoms. The molecular weight excluding hydrogens is 240 g/mol. The Labute approximate surface area is 115 Å². The fourth-order valence-electron chi connectivity index (χ4n) is 1.92. The van der Waals surface area contributed by atoms with Crippen LogP contribution in [-0.4, -0.2) is 19.5 Å². The highest BCUT2D eigenvalue weighted by Gasteiger charge is 2.11. The van der Waals surface area contributed by atoms with Gasteiger partial charge in [-0.15, -0.1) is 0 Å². The van der Waals surface area contributed by atoms with Crippen LogP contribution in [0.4, 0.5) is 0 Å². The van der Waals surface area contributed by atoms with Crippen LogP contribution in [0.15, 0.2) is 24.3 Å². The predicted octanol–water partition coefficient (Wildman–Crippen LogP) is 4.02. The summed E-state index contributed by atoms with van der Waals surface area (Å²) in [5.41, 5.74) is 1.16. The third-order valence-electron chi connectivity index (χ3n) is 2.92. The van der Waals surface area contributed by atoms with Gasteiger partial charge in [0.05, 0.1) is 6.10 Å². The third kappa shape index (κ3) is 4.60. The van der Waals surface area contributed by atoms with Crippen LogP contribution < -0.4 is 9.47 Å². The molecule has 3 heteroatoms. The van der Waals surface area contributed by atoms with Crippen molar-refractivity contribution in [3.05, 3.63) is 29.8 Å². The molecule has 3 nitrogen and oxygen atoms in total. The number of fused-ring (bicyclic) bond motifs is 1. The van der Waals surface area contributed by atoms with E-state index < -0.39 is 0 Å². The maximum absolute atomic E-state index is 5.50. The van der Waals surface area contributed by atoms with Gasteiger partial charge in [0.25, 0.3) is 0 Å². The minimum atomic E-state index is 0.332. The van der Waals surface area contributed by atoms with E-state index in [2.05, 4.69) is 26.0 Å². The van der Waals surface area contributed by atoms with Gasteiger partial charge in [0, 0.05) is 6.61 Å². The summed E-state index contributed by atoms with van der Waals surface area (Å²) in [5, 5.41) is 0. The topological polar surface area (TPSA) is 27.7 Å². The van der Waals surface area contributed by atoms with Gasteiger partial charge >= 0.3 is 0 Å². The van der Waals surface area contributed by atoms with E-state index in [-0.39, 0.29) is 0 Å². The number of hydrogen-bond acceptors (Lipinski definition) is 3. The summed E-state index contributed by atoms with van der Waals surface area (Å²) in [5.74, 6) is 1.68. The first kappa shape index (κ1) is 13.9. The van der Waals surface area contributed by atoms with Crippen LogP contribution >= 0.6 is 0 Å². The predicted molar refractivity (Wildman–Crippen MR) is 76.5 cm³/mol. The molecule has 0 amide bonds. The van der Waals surface area contributed by atoms with Gasteiger partial charge in [-0.2, -0.15) is 0 Å². The van der Waals surface area contributed by atoms with Crippen LogP contribution in [-0.2, 0) is 4.74 Å². The molecule has 1 aliphatic heterocycles. The van der Waals surface area contributed by atoms with Crippen molar-refractivity contribution in [1.29, 1.82) is 0 Å². The van der Waals surface area contributed by atoms with E-state index >= 15 is 0 Å². The van der Waals surface area contributed by atoms with Crippen molar-refractivity contribution in [2.75, 3.05) is 13.4 Å². The molecule has 2 rings (SSSR count). The molecule has 0 atom stereocenters. The molecule has 0 unspecified atom stereocenters. The zero-order chi connectivity index (χ0) is 13.5. The second kappa shape index (κ2) is 7.19. The summed E-state index contributed by atoms with van der Waals surface area (Å²) in [4.78, 5) is 0. The van der Waals surface area contributed by atoms with Gasteiger partial charge in [-0.05, 0) is 50.8 Å². The monoisotopic (exact) mass is 262 g/mol. The number of rotatable bonds is 7. The first-order valence-electron chi connectivity index (χ1n) is 6.93. The van der Waals surface area contributed by atoms with Gasteiger partial charge in [0.1, 0.15) is 0 Å². The van der Waals surface area contributed by atoms with E-state index in [0.717, 1.165) is 42.9 Å². The fraction of sp³-hybridized carbons (Fsp3) is 0.500. The van der Waals surface area contributed by atoms with Gasteiger partial charge in [-0.1, -0.05) is 18.2 Å². The minimum Gasteiger partial charge on any atom is -0.454 e. The smallest absolute Gasteiger partial charge is 0.231 e. The zero-order valence-corrected chi connectivity index (χ0v) is 11.7. The molecule has 1 heterocycles. The van der Waals surface area contributed by atoms with E-state index in [1.54, 1.807) is 0 Å². The summed E-state index contributed by atoms with van der Waals surface area (Å²) >= 11 is 0. The molecule has 0 aliphatic carbocycles. The molecular formula is C16H22O3. The SMILES string of the molecule is CC(C)OCCCC/C=C/c1ccc2c(c1)OCO2. The first-order valence-corrected chi connectivity index (χ1v) is 6.93. The Bertz CT molecular complexity index is 424. The minimum absolute atomic E-state index is 0.332. The Hall–Kier alpha value is -1.48.